The molecule has 0 aliphatic rings. The molecule has 1 unspecified atom stereocenters. The third-order valence-corrected chi connectivity index (χ3v) is 4.92. The second-order valence-corrected chi connectivity index (χ2v) is 6.19. The minimum absolute atomic E-state index is 0.00232. The maximum Gasteiger partial charge on any atom is 0.0397 e. The van der Waals surface area contributed by atoms with E-state index < -0.39 is 0 Å². The van der Waals surface area contributed by atoms with Gasteiger partial charge in [-0.2, -0.15) is 0 Å². The Hall–Kier alpha value is -1.84. The summed E-state index contributed by atoms with van der Waals surface area (Å²) in [6.45, 7) is 2.13. The highest BCUT2D eigenvalue weighted by molar-refractivity contribution is 7.99. The average molecular weight is 294 g/mol. The molecule has 0 radical (unpaired) electrons. The molecule has 0 saturated heterocycles. The van der Waals surface area contributed by atoms with E-state index in [0.717, 1.165) is 11.1 Å². The van der Waals surface area contributed by atoms with Crippen molar-refractivity contribution in [3.63, 3.8) is 0 Å². The molecule has 1 heterocycles. The van der Waals surface area contributed by atoms with E-state index in [4.69, 9.17) is 5.73 Å². The summed E-state index contributed by atoms with van der Waals surface area (Å²) >= 11 is 1.81. The molecule has 21 heavy (non-hydrogen) atoms. The van der Waals surface area contributed by atoms with Gasteiger partial charge >= 0.3 is 0 Å². The quantitative estimate of drug-likeness (QED) is 0.728. The van der Waals surface area contributed by atoms with Gasteiger partial charge in [0.1, 0.15) is 0 Å². The van der Waals surface area contributed by atoms with E-state index in [1.54, 1.807) is 0 Å². The Kier molecular flexibility index (Phi) is 4.23. The number of rotatable bonds is 4. The lowest BCUT2D eigenvalue weighted by atomic mass is 10.0. The zero-order valence-corrected chi connectivity index (χ0v) is 12.8. The predicted octanol–water partition coefficient (Wildman–Crippen LogP) is 4.34. The van der Waals surface area contributed by atoms with E-state index in [1.165, 1.54) is 21.4 Å². The van der Waals surface area contributed by atoms with Crippen LogP contribution >= 0.6 is 11.8 Å². The van der Waals surface area contributed by atoms with E-state index in [9.17, 15) is 0 Å². The van der Waals surface area contributed by atoms with Gasteiger partial charge in [0, 0.05) is 34.5 Å². The van der Waals surface area contributed by atoms with Gasteiger partial charge in [-0.25, -0.2) is 0 Å². The van der Waals surface area contributed by atoms with Gasteiger partial charge in [-0.05, 0) is 35.6 Å². The molecule has 0 saturated carbocycles. The number of benzene rings is 2. The first-order valence-corrected chi connectivity index (χ1v) is 8.01. The number of nitrogens with two attached hydrogens (primary N) is 1. The van der Waals surface area contributed by atoms with Crippen LogP contribution in [0.3, 0.4) is 0 Å². The van der Waals surface area contributed by atoms with E-state index in [1.807, 2.05) is 30.2 Å². The van der Waals surface area contributed by atoms with Gasteiger partial charge in [-0.15, -0.1) is 11.8 Å². The normalized spacial score (nSPS) is 12.5. The maximum absolute atomic E-state index is 6.41. The molecule has 0 fully saturated rings. The molecule has 0 aliphatic carbocycles. The number of aromatic nitrogens is 1. The zero-order valence-electron chi connectivity index (χ0n) is 12.0. The Bertz CT molecular complexity index is 750. The van der Waals surface area contributed by atoms with Crippen LogP contribution in [0.4, 0.5) is 0 Å². The molecule has 0 aliphatic heterocycles. The fourth-order valence-corrected chi connectivity index (χ4v) is 3.46. The van der Waals surface area contributed by atoms with Gasteiger partial charge < -0.3 is 5.73 Å². The monoisotopic (exact) mass is 294 g/mol. The van der Waals surface area contributed by atoms with Crippen molar-refractivity contribution >= 4 is 22.5 Å². The summed E-state index contributed by atoms with van der Waals surface area (Å²) < 4.78 is 0. The Labute approximate surface area is 129 Å². The molecule has 2 N–H and O–H groups in total. The second-order valence-electron chi connectivity index (χ2n) is 5.13. The van der Waals surface area contributed by atoms with Crippen LogP contribution in [0.5, 0.6) is 0 Å². The van der Waals surface area contributed by atoms with Crippen LogP contribution in [0.1, 0.15) is 17.2 Å². The van der Waals surface area contributed by atoms with Crippen molar-refractivity contribution in [2.24, 2.45) is 5.73 Å². The van der Waals surface area contributed by atoms with Crippen LogP contribution in [-0.2, 0) is 0 Å². The summed E-state index contributed by atoms with van der Waals surface area (Å²) in [6.07, 6.45) is 3.72. The van der Waals surface area contributed by atoms with Crippen LogP contribution < -0.4 is 5.73 Å². The van der Waals surface area contributed by atoms with Gasteiger partial charge in [0.2, 0.25) is 0 Å². The Balaban J connectivity index is 1.81. The number of hydrogen-bond donors (Lipinski definition) is 1. The molecule has 3 heteroatoms. The summed E-state index contributed by atoms with van der Waals surface area (Å²) in [6, 6.07) is 16.7. The smallest absolute Gasteiger partial charge is 0.0397 e. The summed E-state index contributed by atoms with van der Waals surface area (Å²) in [5.41, 5.74) is 8.88. The third kappa shape index (κ3) is 3.09. The van der Waals surface area contributed by atoms with Gasteiger partial charge in [-0.1, -0.05) is 36.4 Å². The highest BCUT2D eigenvalue weighted by Gasteiger charge is 2.11. The third-order valence-electron chi connectivity index (χ3n) is 3.63. The molecule has 1 aromatic heterocycles. The second kappa shape index (κ2) is 6.29. The van der Waals surface area contributed by atoms with Crippen molar-refractivity contribution in [2.45, 2.75) is 17.9 Å². The molecule has 1 atom stereocenters. The number of thioether (sulfide) groups is 1. The average Bonchev–Trinajstić information content (AvgIpc) is 2.53. The molecule has 2 nitrogen and oxygen atoms in total. The molecule has 106 valence electrons. The van der Waals surface area contributed by atoms with Gasteiger partial charge in [0.05, 0.1) is 0 Å². The van der Waals surface area contributed by atoms with Crippen molar-refractivity contribution in [1.82, 2.24) is 4.98 Å². The maximum atomic E-state index is 6.41. The first-order valence-electron chi connectivity index (χ1n) is 7.02. The highest BCUT2D eigenvalue weighted by atomic mass is 32.2. The first-order chi connectivity index (χ1) is 10.3. The Morgan fingerprint density at radius 2 is 1.95 bits per heavy atom. The van der Waals surface area contributed by atoms with Crippen LogP contribution in [0.15, 0.2) is 65.8 Å². The fraction of sp³-hybridized carbons (Fsp3) is 0.167. The minimum Gasteiger partial charge on any atom is -0.323 e. The molecule has 2 aromatic carbocycles. The van der Waals surface area contributed by atoms with E-state index in [0.29, 0.717) is 0 Å². The van der Waals surface area contributed by atoms with E-state index >= 15 is 0 Å². The van der Waals surface area contributed by atoms with E-state index in [-0.39, 0.29) is 6.04 Å². The van der Waals surface area contributed by atoms with Crippen molar-refractivity contribution < 1.29 is 0 Å². The molecule has 3 aromatic rings. The first kappa shape index (κ1) is 14.1. The molecule has 3 rings (SSSR count). The lowest BCUT2D eigenvalue weighted by Gasteiger charge is -2.15. The number of nitrogens with zero attached hydrogens (tertiary/aromatic N) is 1. The number of hydrogen-bond acceptors (Lipinski definition) is 3. The standard InChI is InChI=1S/C18H18N2S/c1-13-5-2-3-8-18(13)21-12-17(19)15-7-4-6-14-9-10-20-11-16(14)15/h2-11,17H,12,19H2,1H3. The number of pyridine rings is 1. The molecule has 0 bridgehead atoms. The SMILES string of the molecule is Cc1ccccc1SCC(N)c1cccc2ccncc12. The van der Waals surface area contributed by atoms with Gasteiger partial charge in [0.25, 0.3) is 0 Å². The highest BCUT2D eigenvalue weighted by Crippen LogP contribution is 2.29. The summed E-state index contributed by atoms with van der Waals surface area (Å²) in [7, 11) is 0. The molecule has 0 spiro atoms. The van der Waals surface area contributed by atoms with Crippen LogP contribution in [0.25, 0.3) is 10.8 Å². The number of fused-ring (bicyclic) bond motifs is 1. The van der Waals surface area contributed by atoms with Crippen molar-refractivity contribution in [3.8, 4) is 0 Å². The topological polar surface area (TPSA) is 38.9 Å². The fourth-order valence-electron chi connectivity index (χ4n) is 2.45. The molecular formula is C18H18N2S. The van der Waals surface area contributed by atoms with Crippen LogP contribution in [-0.4, -0.2) is 10.7 Å². The molecule has 0 amide bonds. The predicted molar refractivity (Wildman–Crippen MR) is 90.6 cm³/mol. The lowest BCUT2D eigenvalue weighted by Crippen LogP contribution is -2.13. The molecular weight excluding hydrogens is 276 g/mol. The summed E-state index contributed by atoms with van der Waals surface area (Å²) in [5.74, 6) is 0.860. The summed E-state index contributed by atoms with van der Waals surface area (Å²) in [5, 5.41) is 2.34. The van der Waals surface area contributed by atoms with Gasteiger partial charge in [-0.3, -0.25) is 4.98 Å². The summed E-state index contributed by atoms with van der Waals surface area (Å²) in [4.78, 5) is 5.52. The zero-order chi connectivity index (χ0) is 14.7. The van der Waals surface area contributed by atoms with Crippen LogP contribution in [0, 0.1) is 6.92 Å². The lowest BCUT2D eigenvalue weighted by molar-refractivity contribution is 0.839. The minimum atomic E-state index is 0.00232. The number of aryl methyl sites for hydroxylation is 1. The van der Waals surface area contributed by atoms with Crippen molar-refractivity contribution in [2.75, 3.05) is 5.75 Å². The van der Waals surface area contributed by atoms with Crippen LogP contribution in [0.2, 0.25) is 0 Å². The van der Waals surface area contributed by atoms with E-state index in [2.05, 4.69) is 54.4 Å². The Morgan fingerprint density at radius 3 is 2.81 bits per heavy atom. The van der Waals surface area contributed by atoms with Crippen molar-refractivity contribution in [3.05, 3.63) is 72.1 Å². The van der Waals surface area contributed by atoms with Gasteiger partial charge in [0.15, 0.2) is 0 Å². The Morgan fingerprint density at radius 1 is 1.10 bits per heavy atom. The largest absolute Gasteiger partial charge is 0.323 e. The van der Waals surface area contributed by atoms with Crippen molar-refractivity contribution in [1.29, 1.82) is 0 Å².